The molecule has 4 amide bonds. The molecule has 12 atom stereocenters. The fraction of sp³-hybridized carbons (Fsp3) is 0.509. The fourth-order valence-electron chi connectivity index (χ4n) is 19.4. The van der Waals surface area contributed by atoms with Gasteiger partial charge in [0.2, 0.25) is 36.2 Å². The summed E-state index contributed by atoms with van der Waals surface area (Å²) in [5.74, 6) is 1.09. The van der Waals surface area contributed by atoms with Crippen molar-refractivity contribution >= 4 is 47.5 Å². The minimum atomic E-state index is -0.928. The van der Waals surface area contributed by atoms with Crippen LogP contribution in [0.3, 0.4) is 0 Å². The molecule has 0 radical (unpaired) electrons. The van der Waals surface area contributed by atoms with E-state index in [0.29, 0.717) is 120 Å². The van der Waals surface area contributed by atoms with Gasteiger partial charge in [0.15, 0.2) is 23.0 Å². The standard InChI is InChI=1S/C28H36N2O8.C23H36N2O5.C22H34N2O4.C20H30N2O4.3C7H8O/c1-4-5-11-29-25(31)16-30-15-19(18-13-23(35-3)27-24(14-18)37-17-38-27)26(28(32)33)20(30)10-12-36-22-9-7-6-8-21(22)34-2;1-4-6-12-24(13-7-14-26)21(27)16-25-15-19(22(23(28)29)20(25)5-2)17-8-10-18(30-3)11-9-17;1-5-8-13-23(7-3)20(25)15-24-14-18(21(22(26)27)19(24)6-2)16-9-11-17(28-4)12-10-16;1-4-6-11-21-18(23)13-22-12-16(19(20(24)25)17(22)5-2)14-7-9-15(26-3)10-8-14;3*1-8-7-5-3-2-4-6-7/h6-9,13-14,19-20,26H,4-5,10-12,15-17H2,1-3H3,(H,29,31)(H,32,33);8-11,19-20,22,26H,4-7,12-16H2,1-3H3,(H,28,29);9-12,18-19,21H,5-8,13-15H2,1-4H3,(H,26,27);7-10,16-17,19H,4-6,11-13H2,1-3H3,(H,21,23)(H,24,25);3*2-6H,1H3/t19-,20+,26-;19-,20+,22-;18-,19+,21-;16-,17+,19-;;;/m1111.../s1. The lowest BCUT2D eigenvalue weighted by Crippen LogP contribution is -2.44. The van der Waals surface area contributed by atoms with Crippen LogP contribution in [0.5, 0.6) is 63.2 Å². The van der Waals surface area contributed by atoms with Crippen molar-refractivity contribution in [2.45, 2.75) is 187 Å². The molecule has 4 fully saturated rings. The Morgan fingerprint density at radius 3 is 1.01 bits per heavy atom. The van der Waals surface area contributed by atoms with Crippen LogP contribution >= 0.6 is 0 Å². The van der Waals surface area contributed by atoms with Gasteiger partial charge in [-0.3, -0.25) is 58.0 Å². The molecule has 0 aliphatic carbocycles. The number of carbonyl (C=O) groups is 8. The van der Waals surface area contributed by atoms with Gasteiger partial charge < -0.3 is 98.1 Å². The molecule has 5 heterocycles. The van der Waals surface area contributed by atoms with Crippen LogP contribution in [0.2, 0.25) is 0 Å². The van der Waals surface area contributed by atoms with Gasteiger partial charge in [-0.2, -0.15) is 0 Å². The molecule has 5 aliphatic heterocycles. The zero-order valence-corrected chi connectivity index (χ0v) is 88.4. The number of likely N-dealkylation sites (N-methyl/N-ethyl adjacent to an activating group) is 1. The maximum absolute atomic E-state index is 13.0. The molecule has 0 bridgehead atoms. The third-order valence-corrected chi connectivity index (χ3v) is 27.1. The Kier molecular flexibility index (Phi) is 53.9. The van der Waals surface area contributed by atoms with Gasteiger partial charge in [-0.05, 0) is 184 Å². The van der Waals surface area contributed by atoms with Gasteiger partial charge >= 0.3 is 23.9 Å². The molecule has 5 aliphatic rings. The van der Waals surface area contributed by atoms with Gasteiger partial charge in [-0.1, -0.05) is 177 Å². The Bertz CT molecular complexity index is 5030. The van der Waals surface area contributed by atoms with Crippen LogP contribution in [0.15, 0.2) is 200 Å². The smallest absolute Gasteiger partial charge is 0.308 e. The van der Waals surface area contributed by atoms with Gasteiger partial charge in [0.25, 0.3) is 0 Å². The maximum Gasteiger partial charge on any atom is 0.308 e. The zero-order valence-electron chi connectivity index (χ0n) is 88.4. The molecule has 4 saturated heterocycles. The molecular formula is C114H160N8O24. The molecule has 8 aromatic rings. The summed E-state index contributed by atoms with van der Waals surface area (Å²) in [6.45, 7) is 23.5. The van der Waals surface area contributed by atoms with E-state index in [-0.39, 0.29) is 106 Å². The van der Waals surface area contributed by atoms with Gasteiger partial charge in [-0.25, -0.2) is 0 Å². The number of aliphatic hydroxyl groups excluding tert-OH is 1. The summed E-state index contributed by atoms with van der Waals surface area (Å²) in [5.41, 5.74) is 3.69. The Labute approximate surface area is 863 Å². The normalized spacial score (nSPS) is 19.5. The number of para-hydroxylation sites is 5. The second-order valence-corrected chi connectivity index (χ2v) is 36.3. The van der Waals surface area contributed by atoms with Crippen molar-refractivity contribution in [1.29, 1.82) is 0 Å². The predicted octanol–water partition coefficient (Wildman–Crippen LogP) is 16.7. The van der Waals surface area contributed by atoms with E-state index in [1.54, 1.807) is 61.9 Å². The summed E-state index contributed by atoms with van der Waals surface area (Å²) in [7, 11) is 12.9. The quantitative estimate of drug-likeness (QED) is 0.0174. The molecule has 7 N–H and O–H groups in total. The molecule has 0 saturated carbocycles. The Hall–Kier alpha value is -12.9. The third kappa shape index (κ3) is 36.6. The van der Waals surface area contributed by atoms with E-state index in [4.69, 9.17) is 57.2 Å². The predicted molar refractivity (Wildman–Crippen MR) is 564 cm³/mol. The van der Waals surface area contributed by atoms with E-state index in [0.717, 1.165) is 115 Å². The number of aliphatic hydroxyl groups is 1. The second-order valence-electron chi connectivity index (χ2n) is 36.3. The number of benzene rings is 8. The van der Waals surface area contributed by atoms with Crippen molar-refractivity contribution in [3.05, 3.63) is 222 Å². The van der Waals surface area contributed by atoms with Crippen LogP contribution in [0.1, 0.15) is 185 Å². The largest absolute Gasteiger partial charge is 0.497 e. The summed E-state index contributed by atoms with van der Waals surface area (Å²) in [6, 6.07) is 61.8. The first-order valence-corrected chi connectivity index (χ1v) is 51.2. The molecule has 32 heteroatoms. The number of amides is 4. The van der Waals surface area contributed by atoms with Crippen molar-refractivity contribution < 1.29 is 116 Å². The minimum Gasteiger partial charge on any atom is -0.497 e. The van der Waals surface area contributed by atoms with Crippen LogP contribution in [0, 0.1) is 23.7 Å². The first-order chi connectivity index (χ1) is 70.7. The number of ether oxygens (including phenoxy) is 11. The van der Waals surface area contributed by atoms with E-state index in [9.17, 15) is 58.8 Å². The summed E-state index contributed by atoms with van der Waals surface area (Å²) in [4.78, 5) is 111. The molecule has 13 rings (SSSR count). The third-order valence-electron chi connectivity index (χ3n) is 27.1. The molecular weight excluding hydrogens is 1870 g/mol. The van der Waals surface area contributed by atoms with Crippen LogP contribution in [-0.4, -0.2) is 295 Å². The zero-order chi connectivity index (χ0) is 106. The van der Waals surface area contributed by atoms with E-state index >= 15 is 0 Å². The van der Waals surface area contributed by atoms with Crippen LogP contribution in [0.4, 0.5) is 0 Å². The Morgan fingerprint density at radius 1 is 0.349 bits per heavy atom. The first-order valence-electron chi connectivity index (χ1n) is 51.2. The van der Waals surface area contributed by atoms with Crippen molar-refractivity contribution in [3.63, 3.8) is 0 Å². The number of hydrogen-bond acceptors (Lipinski definition) is 24. The molecule has 146 heavy (non-hydrogen) atoms. The number of nitrogens with one attached hydrogen (secondary N) is 2. The number of methoxy groups -OCH3 is 8. The van der Waals surface area contributed by atoms with Gasteiger partial charge in [-0.15, -0.1) is 0 Å². The molecule has 0 spiro atoms. The van der Waals surface area contributed by atoms with Gasteiger partial charge in [0.1, 0.15) is 34.5 Å². The number of hydrogen-bond donors (Lipinski definition) is 7. The number of nitrogens with zero attached hydrogens (tertiary/aromatic N) is 6. The number of carbonyl (C=O) groups excluding carboxylic acids is 4. The van der Waals surface area contributed by atoms with Crippen LogP contribution < -0.4 is 62.7 Å². The highest BCUT2D eigenvalue weighted by atomic mass is 16.7. The number of carboxylic acid groups (broad SMARTS) is 4. The van der Waals surface area contributed by atoms with Gasteiger partial charge in [0, 0.05) is 120 Å². The highest BCUT2D eigenvalue weighted by molar-refractivity contribution is 5.82. The first kappa shape index (κ1) is 120. The summed E-state index contributed by atoms with van der Waals surface area (Å²) in [5, 5.41) is 55.1. The van der Waals surface area contributed by atoms with Crippen LogP contribution in [0.25, 0.3) is 0 Å². The SMILES string of the molecule is CCCCN(CC)C(=O)CN1C[C@H](c2ccc(OC)cc2)[C@@H](C(=O)O)[C@@H]1CC.CCCCN(CCCO)C(=O)CN1C[C@H](c2ccc(OC)cc2)[C@@H](C(=O)O)[C@@H]1CC.CCCCNC(=O)CN1C[C@H](c2cc(OC)c3c(c2)OCO3)[C@@H](C(=O)O)[C@@H]1CCOc1ccccc1OC.CCCCNC(=O)CN1C[C@H](c2ccc(OC)cc2)[C@@H](C(=O)O)[C@@H]1CC.COc1ccccc1.COc1ccccc1.COc1ccccc1. The van der Waals surface area contributed by atoms with Crippen molar-refractivity contribution in [1.82, 2.24) is 40.0 Å². The monoisotopic (exact) mass is 2030 g/mol. The summed E-state index contributed by atoms with van der Waals surface area (Å²) >= 11 is 0. The molecule has 0 aromatic heterocycles. The molecule has 8 aromatic carbocycles. The fourth-order valence-corrected chi connectivity index (χ4v) is 19.4. The maximum atomic E-state index is 13.0. The Morgan fingerprint density at radius 2 is 0.671 bits per heavy atom. The minimum absolute atomic E-state index is 0.00914. The van der Waals surface area contributed by atoms with E-state index in [1.807, 2.05) is 240 Å². The number of unbranched alkanes of at least 4 members (excludes halogenated alkanes) is 4. The number of fused-ring (bicyclic) bond motifs is 1. The van der Waals surface area contributed by atoms with E-state index < -0.39 is 59.5 Å². The topological polar surface area (TPSA) is 383 Å². The van der Waals surface area contributed by atoms with Crippen molar-refractivity contribution in [3.8, 4) is 63.2 Å². The highest BCUT2D eigenvalue weighted by Gasteiger charge is 2.51. The summed E-state index contributed by atoms with van der Waals surface area (Å²) < 4.78 is 58.3. The average molecular weight is 2030 g/mol. The number of aliphatic carboxylic acids is 4. The van der Waals surface area contributed by atoms with E-state index in [1.165, 1.54) is 7.11 Å². The highest BCUT2D eigenvalue weighted by Crippen LogP contribution is 2.49. The second kappa shape index (κ2) is 65.6. The lowest BCUT2D eigenvalue weighted by Gasteiger charge is -2.29. The lowest BCUT2D eigenvalue weighted by molar-refractivity contribution is -0.144. The van der Waals surface area contributed by atoms with Crippen molar-refractivity contribution in [2.24, 2.45) is 23.7 Å². The number of likely N-dealkylation sites (tertiary alicyclic amines) is 4. The summed E-state index contributed by atoms with van der Waals surface area (Å²) in [6.07, 6.45) is 10.8. The van der Waals surface area contributed by atoms with E-state index in [2.05, 4.69) is 43.2 Å². The molecule has 0 unspecified atom stereocenters. The lowest BCUT2D eigenvalue weighted by atomic mass is 9.84. The van der Waals surface area contributed by atoms with Crippen LogP contribution in [-0.2, 0) is 38.4 Å². The number of carboxylic acids is 4. The number of rotatable bonds is 47. The molecule has 32 nitrogen and oxygen atoms in total. The van der Waals surface area contributed by atoms with Crippen molar-refractivity contribution in [2.75, 3.05) is 169 Å². The average Bonchev–Trinajstić information content (AvgIpc) is 1.61. The van der Waals surface area contributed by atoms with Gasteiger partial charge in [0.05, 0.1) is 113 Å². The Balaban J connectivity index is 0.000000245. The molecule has 800 valence electrons.